The van der Waals surface area contributed by atoms with E-state index >= 15 is 0 Å². The van der Waals surface area contributed by atoms with Crippen molar-refractivity contribution >= 4 is 22.9 Å². The lowest BCUT2D eigenvalue weighted by molar-refractivity contribution is 0.328. The number of hydrogen-bond donors (Lipinski definition) is 1. The standard InChI is InChI=1S/C16H25N3OS/c1-4-12-11-18(2)8-5-9-19(12)15-10-13(20-3)6-7-14(15)16(17)21/h6-7,10,12H,4-5,8-9,11H2,1-3H3,(H2,17,21). The maximum atomic E-state index is 5.92. The topological polar surface area (TPSA) is 41.7 Å². The van der Waals surface area contributed by atoms with Crippen LogP contribution in [0.2, 0.25) is 0 Å². The number of ether oxygens (including phenoxy) is 1. The van der Waals surface area contributed by atoms with Gasteiger partial charge < -0.3 is 20.3 Å². The Labute approximate surface area is 132 Å². The second kappa shape index (κ2) is 7.09. The molecule has 0 saturated carbocycles. The SMILES string of the molecule is CCC1CN(C)CCCN1c1cc(OC)ccc1C(N)=S. The number of nitrogens with two attached hydrogens (primary N) is 1. The zero-order chi connectivity index (χ0) is 15.4. The lowest BCUT2D eigenvalue weighted by Gasteiger charge is -2.33. The summed E-state index contributed by atoms with van der Waals surface area (Å²) in [7, 11) is 3.87. The fraction of sp³-hybridized carbons (Fsp3) is 0.562. The molecular weight excluding hydrogens is 282 g/mol. The Balaban J connectivity index is 2.43. The molecule has 1 unspecified atom stereocenters. The zero-order valence-electron chi connectivity index (χ0n) is 13.1. The van der Waals surface area contributed by atoms with Crippen LogP contribution in [0, 0.1) is 0 Å². The van der Waals surface area contributed by atoms with E-state index in [1.807, 2.05) is 12.1 Å². The minimum atomic E-state index is 0.445. The molecule has 4 nitrogen and oxygen atoms in total. The van der Waals surface area contributed by atoms with Crippen LogP contribution in [0.5, 0.6) is 5.75 Å². The Morgan fingerprint density at radius 3 is 2.81 bits per heavy atom. The van der Waals surface area contributed by atoms with Gasteiger partial charge in [0.1, 0.15) is 10.7 Å². The van der Waals surface area contributed by atoms with Crippen LogP contribution < -0.4 is 15.4 Å². The highest BCUT2D eigenvalue weighted by molar-refractivity contribution is 7.80. The highest BCUT2D eigenvalue weighted by atomic mass is 32.1. The number of rotatable bonds is 4. The molecule has 1 saturated heterocycles. The van der Waals surface area contributed by atoms with Gasteiger partial charge in [0.2, 0.25) is 0 Å². The second-order valence-corrected chi connectivity index (χ2v) is 6.06. The summed E-state index contributed by atoms with van der Waals surface area (Å²) >= 11 is 5.23. The predicted octanol–water partition coefficient (Wildman–Crippen LogP) is 2.25. The van der Waals surface area contributed by atoms with E-state index in [9.17, 15) is 0 Å². The van der Waals surface area contributed by atoms with Gasteiger partial charge in [0, 0.05) is 30.8 Å². The summed E-state index contributed by atoms with van der Waals surface area (Å²) in [5.41, 5.74) is 7.96. The van der Waals surface area contributed by atoms with Crippen molar-refractivity contribution in [1.29, 1.82) is 0 Å². The first-order chi connectivity index (χ1) is 10.1. The minimum absolute atomic E-state index is 0.445. The average molecular weight is 307 g/mol. The average Bonchev–Trinajstić information content (AvgIpc) is 2.67. The van der Waals surface area contributed by atoms with Gasteiger partial charge in [-0.2, -0.15) is 0 Å². The summed E-state index contributed by atoms with van der Waals surface area (Å²) in [5.74, 6) is 0.845. The van der Waals surface area contributed by atoms with Crippen molar-refractivity contribution in [1.82, 2.24) is 4.90 Å². The monoisotopic (exact) mass is 307 g/mol. The van der Waals surface area contributed by atoms with Gasteiger partial charge in [-0.05, 0) is 38.6 Å². The third-order valence-electron chi connectivity index (χ3n) is 4.15. The van der Waals surface area contributed by atoms with Crippen molar-refractivity contribution < 1.29 is 4.74 Å². The zero-order valence-corrected chi connectivity index (χ0v) is 13.9. The molecule has 1 heterocycles. The molecule has 0 spiro atoms. The Kier molecular flexibility index (Phi) is 5.42. The minimum Gasteiger partial charge on any atom is -0.497 e. The van der Waals surface area contributed by atoms with Gasteiger partial charge in [-0.15, -0.1) is 0 Å². The van der Waals surface area contributed by atoms with Gasteiger partial charge in [0.25, 0.3) is 0 Å². The molecule has 1 atom stereocenters. The third-order valence-corrected chi connectivity index (χ3v) is 4.37. The van der Waals surface area contributed by atoms with Crippen LogP contribution in [0.15, 0.2) is 18.2 Å². The summed E-state index contributed by atoms with van der Waals surface area (Å²) in [4.78, 5) is 5.29. The van der Waals surface area contributed by atoms with Crippen LogP contribution in [0.1, 0.15) is 25.3 Å². The molecule has 2 rings (SSSR count). The van der Waals surface area contributed by atoms with Gasteiger partial charge in [-0.1, -0.05) is 19.1 Å². The fourth-order valence-corrected chi connectivity index (χ4v) is 3.17. The molecule has 116 valence electrons. The van der Waals surface area contributed by atoms with E-state index in [0.717, 1.165) is 49.5 Å². The summed E-state index contributed by atoms with van der Waals surface area (Å²) in [5, 5.41) is 0. The van der Waals surface area contributed by atoms with E-state index in [1.54, 1.807) is 7.11 Å². The molecule has 0 amide bonds. The summed E-state index contributed by atoms with van der Waals surface area (Å²) in [6, 6.07) is 6.42. The molecule has 1 aliphatic heterocycles. The van der Waals surface area contributed by atoms with E-state index in [2.05, 4.69) is 29.8 Å². The molecule has 1 aromatic rings. The number of anilines is 1. The van der Waals surface area contributed by atoms with E-state index in [1.165, 1.54) is 0 Å². The number of hydrogen-bond acceptors (Lipinski definition) is 4. The first-order valence-corrected chi connectivity index (χ1v) is 7.90. The van der Waals surface area contributed by atoms with Crippen molar-refractivity contribution in [2.24, 2.45) is 5.73 Å². The largest absolute Gasteiger partial charge is 0.497 e. The Morgan fingerprint density at radius 1 is 1.43 bits per heavy atom. The van der Waals surface area contributed by atoms with Crippen LogP contribution >= 0.6 is 12.2 Å². The first-order valence-electron chi connectivity index (χ1n) is 7.49. The molecule has 0 radical (unpaired) electrons. The third kappa shape index (κ3) is 3.66. The normalized spacial score (nSPS) is 20.1. The lowest BCUT2D eigenvalue weighted by atomic mass is 10.1. The molecule has 2 N–H and O–H groups in total. The van der Waals surface area contributed by atoms with Gasteiger partial charge >= 0.3 is 0 Å². The van der Waals surface area contributed by atoms with Crippen molar-refractivity contribution in [3.63, 3.8) is 0 Å². The van der Waals surface area contributed by atoms with Crippen molar-refractivity contribution in [2.45, 2.75) is 25.8 Å². The van der Waals surface area contributed by atoms with E-state index in [4.69, 9.17) is 22.7 Å². The maximum absolute atomic E-state index is 5.92. The molecule has 21 heavy (non-hydrogen) atoms. The first kappa shape index (κ1) is 16.0. The molecule has 1 fully saturated rings. The van der Waals surface area contributed by atoms with Crippen LogP contribution in [0.25, 0.3) is 0 Å². The quantitative estimate of drug-likeness (QED) is 0.864. The highest BCUT2D eigenvalue weighted by Gasteiger charge is 2.24. The van der Waals surface area contributed by atoms with Gasteiger partial charge in [0.05, 0.1) is 12.8 Å². The number of likely N-dealkylation sites (N-methyl/N-ethyl adjacent to an activating group) is 1. The smallest absolute Gasteiger partial charge is 0.120 e. The number of benzene rings is 1. The Bertz CT molecular complexity index is 506. The van der Waals surface area contributed by atoms with E-state index < -0.39 is 0 Å². The summed E-state index contributed by atoms with van der Waals surface area (Å²) in [6.45, 7) is 5.44. The Morgan fingerprint density at radius 2 is 2.19 bits per heavy atom. The van der Waals surface area contributed by atoms with Crippen molar-refractivity contribution in [3.8, 4) is 5.75 Å². The van der Waals surface area contributed by atoms with E-state index in [0.29, 0.717) is 11.0 Å². The molecule has 5 heteroatoms. The van der Waals surface area contributed by atoms with Crippen LogP contribution in [0.4, 0.5) is 5.69 Å². The highest BCUT2D eigenvalue weighted by Crippen LogP contribution is 2.30. The van der Waals surface area contributed by atoms with Crippen LogP contribution in [-0.2, 0) is 0 Å². The maximum Gasteiger partial charge on any atom is 0.120 e. The van der Waals surface area contributed by atoms with Gasteiger partial charge in [-0.3, -0.25) is 0 Å². The molecule has 0 bridgehead atoms. The number of methoxy groups -OCH3 is 1. The van der Waals surface area contributed by atoms with Gasteiger partial charge in [-0.25, -0.2) is 0 Å². The van der Waals surface area contributed by atoms with Crippen molar-refractivity contribution in [3.05, 3.63) is 23.8 Å². The molecule has 1 aliphatic rings. The van der Waals surface area contributed by atoms with Crippen molar-refractivity contribution in [2.75, 3.05) is 38.7 Å². The van der Waals surface area contributed by atoms with E-state index in [-0.39, 0.29) is 0 Å². The molecule has 0 aliphatic carbocycles. The second-order valence-electron chi connectivity index (χ2n) is 5.62. The molecular formula is C16H25N3OS. The molecule has 1 aromatic carbocycles. The van der Waals surface area contributed by atoms with Crippen LogP contribution in [-0.4, -0.2) is 49.7 Å². The van der Waals surface area contributed by atoms with Crippen LogP contribution in [0.3, 0.4) is 0 Å². The van der Waals surface area contributed by atoms with Gasteiger partial charge in [0.15, 0.2) is 0 Å². The molecule has 0 aromatic heterocycles. The lowest BCUT2D eigenvalue weighted by Crippen LogP contribution is -2.40. The predicted molar refractivity (Wildman–Crippen MR) is 92.4 cm³/mol. The fourth-order valence-electron chi connectivity index (χ4n) is 2.99. The Hall–Kier alpha value is -1.33. The summed E-state index contributed by atoms with van der Waals surface area (Å²) in [6.07, 6.45) is 2.24. The summed E-state index contributed by atoms with van der Waals surface area (Å²) < 4.78 is 5.38. The number of thiocarbonyl (C=S) groups is 1. The number of nitrogens with zero attached hydrogens (tertiary/aromatic N) is 2.